The van der Waals surface area contributed by atoms with Crippen LogP contribution in [0.3, 0.4) is 0 Å². The van der Waals surface area contributed by atoms with Gasteiger partial charge in [-0.1, -0.05) is 46.1 Å². The van der Waals surface area contributed by atoms with Crippen molar-refractivity contribution < 1.29 is 14.6 Å². The fourth-order valence-electron chi connectivity index (χ4n) is 8.72. The number of hydrogen-bond donors (Lipinski definition) is 2. The molecule has 7 rings (SSSR count). The van der Waals surface area contributed by atoms with Crippen LogP contribution in [-0.4, -0.2) is 35.3 Å². The number of rotatable bonds is 6. The molecule has 2 N–H and O–H groups in total. The fraction of sp³-hybridized carbons (Fsp3) is 0.463. The summed E-state index contributed by atoms with van der Waals surface area (Å²) in [6, 6.07) is 0. The van der Waals surface area contributed by atoms with Gasteiger partial charge in [-0.05, 0) is 98.5 Å². The van der Waals surface area contributed by atoms with Gasteiger partial charge in [-0.15, -0.1) is 0 Å². The molecule has 0 aromatic heterocycles. The van der Waals surface area contributed by atoms with Crippen molar-refractivity contribution in [1.29, 1.82) is 0 Å². The molecule has 5 aliphatic heterocycles. The molecule has 2 atom stereocenters. The number of nitrogens with zero attached hydrogens (tertiary/aromatic N) is 3. The molecule has 8 bridgehead atoms. The third kappa shape index (κ3) is 5.36. The lowest BCUT2D eigenvalue weighted by Gasteiger charge is -2.20. The van der Waals surface area contributed by atoms with E-state index >= 15 is 0 Å². The summed E-state index contributed by atoms with van der Waals surface area (Å²) in [7, 11) is 1.44. The van der Waals surface area contributed by atoms with Gasteiger partial charge in [-0.3, -0.25) is 4.79 Å². The second kappa shape index (κ2) is 12.6. The Balaban J connectivity index is 1.43. The first-order chi connectivity index (χ1) is 23.1. The standard InChI is InChI=1S/C41H48N4O3/c1-8-27-22(3)30-20-35-38(21(2)26-13-11-9-10-12-14-26)24(5)32(43-35)18-31-23(4)28(15-16-37(47)48-7)40(44-31)29-17-36(46)39-25(6)33(45-41(29)39)19-34(27)42-30/h18-20,23,26,28,44,46H,2,8-17H2,1,3-7H3/t23-,28-/m0/s1. The molecule has 250 valence electrons. The van der Waals surface area contributed by atoms with Gasteiger partial charge in [0.1, 0.15) is 5.76 Å². The number of ether oxygens (including phenoxy) is 1. The minimum atomic E-state index is -0.221. The lowest BCUT2D eigenvalue weighted by atomic mass is 9.84. The molecule has 1 saturated heterocycles. The number of hydrogen-bond acceptors (Lipinski definition) is 7. The van der Waals surface area contributed by atoms with Crippen molar-refractivity contribution in [2.75, 3.05) is 7.11 Å². The van der Waals surface area contributed by atoms with Crippen molar-refractivity contribution in [2.24, 2.45) is 32.7 Å². The molecule has 0 radical (unpaired) electrons. The molecule has 0 aromatic carbocycles. The molecule has 7 nitrogen and oxygen atoms in total. The van der Waals surface area contributed by atoms with Gasteiger partial charge in [0.05, 0.1) is 41.3 Å². The highest BCUT2D eigenvalue weighted by Crippen LogP contribution is 2.47. The minimum absolute atomic E-state index is 0.0270. The number of nitrogens with one attached hydrogen (secondary N) is 1. The minimum Gasteiger partial charge on any atom is -0.511 e. The summed E-state index contributed by atoms with van der Waals surface area (Å²) in [5.41, 5.74) is 16.1. The van der Waals surface area contributed by atoms with Crippen LogP contribution in [0.2, 0.25) is 0 Å². The van der Waals surface area contributed by atoms with Crippen molar-refractivity contribution in [3.05, 3.63) is 104 Å². The molecular formula is C41H48N4O3. The summed E-state index contributed by atoms with van der Waals surface area (Å²) >= 11 is 0. The average Bonchev–Trinajstić information content (AvgIpc) is 3.75. The van der Waals surface area contributed by atoms with E-state index in [4.69, 9.17) is 26.3 Å². The topological polar surface area (TPSA) is 95.6 Å². The van der Waals surface area contributed by atoms with Gasteiger partial charge >= 0.3 is 5.97 Å². The SMILES string of the molecule is C=C(C1=C(C)C2=NC1=CC1=NC(=CC3=C(C)C4=C(O)CC(=C5NC(=C2)[C@@H](C)[C@@H]5CCC(=O)OC)C4=N3)C(CC)=C1C)C1CCCCCC1. The fourth-order valence-corrected chi connectivity index (χ4v) is 8.72. The highest BCUT2D eigenvalue weighted by molar-refractivity contribution is 6.21. The molecular weight excluding hydrogens is 596 g/mol. The number of carbonyl (C=O) groups is 1. The second-order valence-electron chi connectivity index (χ2n) is 14.3. The van der Waals surface area contributed by atoms with Crippen LogP contribution in [0.1, 0.15) is 98.8 Å². The molecule has 2 fully saturated rings. The van der Waals surface area contributed by atoms with E-state index in [1.54, 1.807) is 0 Å². The molecule has 5 heterocycles. The predicted molar refractivity (Wildman–Crippen MR) is 194 cm³/mol. The zero-order chi connectivity index (χ0) is 33.9. The Labute approximate surface area is 284 Å². The number of carbonyl (C=O) groups excluding carboxylic acids is 1. The number of aliphatic hydroxyl groups is 1. The number of aliphatic imine (C=N–C) groups is 3. The summed E-state index contributed by atoms with van der Waals surface area (Å²) in [4.78, 5) is 28.0. The molecule has 2 aliphatic carbocycles. The Morgan fingerprint density at radius 3 is 2.40 bits per heavy atom. The monoisotopic (exact) mass is 644 g/mol. The summed E-state index contributed by atoms with van der Waals surface area (Å²) in [6.07, 6.45) is 16.1. The van der Waals surface area contributed by atoms with Gasteiger partial charge in [0.2, 0.25) is 0 Å². The van der Waals surface area contributed by atoms with E-state index in [0.717, 1.165) is 85.5 Å². The lowest BCUT2D eigenvalue weighted by Crippen LogP contribution is -2.16. The number of esters is 1. The molecule has 0 amide bonds. The molecule has 48 heavy (non-hydrogen) atoms. The van der Waals surface area contributed by atoms with Gasteiger partial charge in [0.25, 0.3) is 0 Å². The number of allylic oxidation sites excluding steroid dienone is 12. The first-order valence-corrected chi connectivity index (χ1v) is 17.8. The highest BCUT2D eigenvalue weighted by Gasteiger charge is 2.41. The van der Waals surface area contributed by atoms with Gasteiger partial charge in [-0.25, -0.2) is 15.0 Å². The summed E-state index contributed by atoms with van der Waals surface area (Å²) in [6.45, 7) is 15.5. The number of aliphatic hydroxyl groups excluding tert-OH is 1. The van der Waals surface area contributed by atoms with E-state index in [1.807, 2.05) is 6.92 Å². The maximum Gasteiger partial charge on any atom is 0.305 e. The normalized spacial score (nSPS) is 25.6. The van der Waals surface area contributed by atoms with E-state index in [9.17, 15) is 9.90 Å². The third-order valence-corrected chi connectivity index (χ3v) is 11.6. The Bertz CT molecular complexity index is 1870. The van der Waals surface area contributed by atoms with E-state index in [0.29, 0.717) is 30.9 Å². The van der Waals surface area contributed by atoms with E-state index in [2.05, 4.69) is 51.2 Å². The maximum absolute atomic E-state index is 12.4. The Morgan fingerprint density at radius 2 is 1.69 bits per heavy atom. The quantitative estimate of drug-likeness (QED) is 0.223. The van der Waals surface area contributed by atoms with Crippen molar-refractivity contribution in [3.63, 3.8) is 0 Å². The predicted octanol–water partition coefficient (Wildman–Crippen LogP) is 9.14. The van der Waals surface area contributed by atoms with Crippen LogP contribution in [-0.2, 0) is 9.53 Å². The molecule has 0 unspecified atom stereocenters. The van der Waals surface area contributed by atoms with Crippen LogP contribution in [0, 0.1) is 17.8 Å². The van der Waals surface area contributed by atoms with Crippen molar-refractivity contribution in [2.45, 2.75) is 98.8 Å². The van der Waals surface area contributed by atoms with Crippen LogP contribution in [0.25, 0.3) is 0 Å². The van der Waals surface area contributed by atoms with Gasteiger partial charge in [-0.2, -0.15) is 0 Å². The molecule has 7 heteroatoms. The zero-order valence-corrected chi connectivity index (χ0v) is 29.3. The Hall–Kier alpha value is -4.26. The van der Waals surface area contributed by atoms with Crippen molar-refractivity contribution >= 4 is 23.1 Å². The third-order valence-electron chi connectivity index (χ3n) is 11.6. The molecule has 1 saturated carbocycles. The first-order valence-electron chi connectivity index (χ1n) is 17.8. The van der Waals surface area contributed by atoms with Crippen LogP contribution in [0.15, 0.2) is 119 Å². The van der Waals surface area contributed by atoms with E-state index in [1.165, 1.54) is 56.8 Å². The summed E-state index contributed by atoms with van der Waals surface area (Å²) in [5, 5.41) is 15.1. The van der Waals surface area contributed by atoms with Crippen molar-refractivity contribution in [3.8, 4) is 0 Å². The zero-order valence-electron chi connectivity index (χ0n) is 29.3. The highest BCUT2D eigenvalue weighted by atomic mass is 16.5. The van der Waals surface area contributed by atoms with Crippen molar-refractivity contribution in [1.82, 2.24) is 5.32 Å². The lowest BCUT2D eigenvalue weighted by molar-refractivity contribution is -0.140. The summed E-state index contributed by atoms with van der Waals surface area (Å²) in [5.74, 6) is 0.685. The van der Waals surface area contributed by atoms with Crippen LogP contribution >= 0.6 is 0 Å². The smallest absolute Gasteiger partial charge is 0.305 e. The first kappa shape index (κ1) is 32.3. The molecule has 0 aromatic rings. The maximum atomic E-state index is 12.4. The molecule has 7 aliphatic rings. The average molecular weight is 645 g/mol. The van der Waals surface area contributed by atoms with Crippen LogP contribution in [0.5, 0.6) is 0 Å². The Morgan fingerprint density at radius 1 is 0.979 bits per heavy atom. The van der Waals surface area contributed by atoms with Crippen LogP contribution < -0.4 is 5.32 Å². The van der Waals surface area contributed by atoms with Gasteiger partial charge < -0.3 is 15.2 Å². The van der Waals surface area contributed by atoms with E-state index < -0.39 is 0 Å². The summed E-state index contributed by atoms with van der Waals surface area (Å²) < 4.78 is 5.04. The molecule has 0 spiro atoms. The number of fused-ring (bicyclic) bond motifs is 5. The van der Waals surface area contributed by atoms with Crippen LogP contribution in [0.4, 0.5) is 0 Å². The Kier molecular flexibility index (Phi) is 8.51. The number of methoxy groups -OCH3 is 1. The largest absolute Gasteiger partial charge is 0.511 e. The van der Waals surface area contributed by atoms with Gasteiger partial charge in [0.15, 0.2) is 0 Å². The van der Waals surface area contributed by atoms with Gasteiger partial charge in [0, 0.05) is 52.8 Å². The van der Waals surface area contributed by atoms with E-state index in [-0.39, 0.29) is 17.8 Å². The second-order valence-corrected chi connectivity index (χ2v) is 14.3.